The predicted octanol–water partition coefficient (Wildman–Crippen LogP) is 2.42. The van der Waals surface area contributed by atoms with Crippen molar-refractivity contribution in [3.05, 3.63) is 33.2 Å². The van der Waals surface area contributed by atoms with Gasteiger partial charge in [-0.05, 0) is 47.2 Å². The van der Waals surface area contributed by atoms with Crippen LogP contribution < -0.4 is 0 Å². The average Bonchev–Trinajstić information content (AvgIpc) is 3.69. The van der Waals surface area contributed by atoms with E-state index in [2.05, 4.69) is 11.9 Å². The van der Waals surface area contributed by atoms with Gasteiger partial charge in [0.25, 0.3) is 0 Å². The molecule has 12 heteroatoms. The number of fused-ring (bicyclic) bond motifs is 2. The minimum absolute atomic E-state index is 0.0154. The summed E-state index contributed by atoms with van der Waals surface area (Å²) in [5.41, 5.74) is 1.20. The number of epoxide rings is 2. The monoisotopic (exact) mass is 531 g/mol. The van der Waals surface area contributed by atoms with Gasteiger partial charge in [-0.25, -0.2) is 9.36 Å². The molecule has 2 saturated carbocycles. The number of carbonyl (C=O) groups is 1. The Hall–Kier alpha value is -2.54. The SMILES string of the molecule is CC(C)C1[C@@H](O)[C@@H]2O[C@]23[C@]2(O[C@H]2CC2C4=C(CC[C@@]23C)COC4)[C@@H]1OC(=O)OCc1cnc([N+](=O)[O-])n1C. The van der Waals surface area contributed by atoms with Crippen LogP contribution in [-0.2, 0) is 37.3 Å². The molecule has 1 N–H and O–H groups in total. The molecule has 4 fully saturated rings. The summed E-state index contributed by atoms with van der Waals surface area (Å²) >= 11 is 0. The molecule has 2 spiro atoms. The van der Waals surface area contributed by atoms with Gasteiger partial charge in [-0.3, -0.25) is 0 Å². The smallest absolute Gasteiger partial charge is 0.427 e. The van der Waals surface area contributed by atoms with Gasteiger partial charge in [0.05, 0.1) is 32.5 Å². The topological polar surface area (TPSA) is 151 Å². The van der Waals surface area contributed by atoms with Gasteiger partial charge < -0.3 is 38.9 Å². The lowest BCUT2D eigenvalue weighted by Gasteiger charge is -2.55. The van der Waals surface area contributed by atoms with Gasteiger partial charge in [0, 0.05) is 11.3 Å². The molecule has 12 nitrogen and oxygen atoms in total. The fourth-order valence-electron chi connectivity index (χ4n) is 8.58. The molecule has 7 rings (SSSR count). The summed E-state index contributed by atoms with van der Waals surface area (Å²) in [6, 6.07) is 0. The van der Waals surface area contributed by atoms with E-state index in [9.17, 15) is 20.0 Å². The minimum atomic E-state index is -0.917. The van der Waals surface area contributed by atoms with Crippen LogP contribution in [0.1, 0.15) is 45.7 Å². The summed E-state index contributed by atoms with van der Waals surface area (Å²) in [6.45, 7) is 7.31. The number of aromatic nitrogens is 2. The van der Waals surface area contributed by atoms with Gasteiger partial charge in [-0.15, -0.1) is 0 Å². The molecule has 9 atom stereocenters. The first-order valence-corrected chi connectivity index (χ1v) is 13.4. The summed E-state index contributed by atoms with van der Waals surface area (Å²) in [6.07, 6.45) is 0.858. The molecule has 2 unspecified atom stereocenters. The molecule has 0 amide bonds. The Bertz CT molecular complexity index is 1260. The van der Waals surface area contributed by atoms with E-state index in [0.717, 1.165) is 19.3 Å². The maximum Gasteiger partial charge on any atom is 0.509 e. The maximum absolute atomic E-state index is 13.1. The molecule has 1 aromatic heterocycles. The normalized spacial score (nSPS) is 43.9. The number of imidazole rings is 1. The highest BCUT2D eigenvalue weighted by Crippen LogP contribution is 2.79. The quantitative estimate of drug-likeness (QED) is 0.197. The van der Waals surface area contributed by atoms with Crippen molar-refractivity contribution in [1.29, 1.82) is 0 Å². The number of hydrogen-bond acceptors (Lipinski definition) is 10. The largest absolute Gasteiger partial charge is 0.509 e. The first-order chi connectivity index (χ1) is 18.1. The zero-order valence-corrected chi connectivity index (χ0v) is 21.9. The first kappa shape index (κ1) is 24.5. The van der Waals surface area contributed by atoms with Crippen LogP contribution in [0, 0.1) is 33.3 Å². The molecule has 0 bridgehead atoms. The van der Waals surface area contributed by atoms with Crippen molar-refractivity contribution in [2.24, 2.45) is 30.2 Å². The molecule has 3 aliphatic heterocycles. The zero-order valence-electron chi connectivity index (χ0n) is 21.9. The number of hydrogen-bond donors (Lipinski definition) is 1. The van der Waals surface area contributed by atoms with E-state index in [-0.39, 0.29) is 42.0 Å². The van der Waals surface area contributed by atoms with Crippen LogP contribution in [0.4, 0.5) is 10.7 Å². The molecule has 38 heavy (non-hydrogen) atoms. The Labute approximate surface area is 219 Å². The Morgan fingerprint density at radius 1 is 1.37 bits per heavy atom. The van der Waals surface area contributed by atoms with Crippen molar-refractivity contribution in [3.8, 4) is 0 Å². The molecule has 0 aromatic carbocycles. The average molecular weight is 532 g/mol. The van der Waals surface area contributed by atoms with Crippen LogP contribution in [0.2, 0.25) is 0 Å². The molecule has 206 valence electrons. The van der Waals surface area contributed by atoms with Crippen LogP contribution >= 0.6 is 0 Å². The summed E-state index contributed by atoms with van der Waals surface area (Å²) in [5, 5.41) is 22.7. The molecular weight excluding hydrogens is 498 g/mol. The lowest BCUT2D eigenvalue weighted by atomic mass is 9.46. The third kappa shape index (κ3) is 2.84. The van der Waals surface area contributed by atoms with E-state index >= 15 is 0 Å². The van der Waals surface area contributed by atoms with E-state index < -0.39 is 40.4 Å². The zero-order chi connectivity index (χ0) is 26.8. The van der Waals surface area contributed by atoms with Crippen LogP contribution in [0.5, 0.6) is 0 Å². The van der Waals surface area contributed by atoms with Crippen LogP contribution in [0.3, 0.4) is 0 Å². The maximum atomic E-state index is 13.1. The molecule has 0 radical (unpaired) electrons. The van der Waals surface area contributed by atoms with Crippen molar-refractivity contribution < 1.29 is 38.5 Å². The fourth-order valence-corrected chi connectivity index (χ4v) is 8.58. The Morgan fingerprint density at radius 2 is 2.16 bits per heavy atom. The van der Waals surface area contributed by atoms with Crippen LogP contribution in [0.15, 0.2) is 17.3 Å². The Balaban J connectivity index is 1.18. The van der Waals surface area contributed by atoms with Gasteiger partial charge in [-0.2, -0.15) is 0 Å². The van der Waals surface area contributed by atoms with Crippen molar-refractivity contribution in [2.75, 3.05) is 13.2 Å². The lowest BCUT2D eigenvalue weighted by molar-refractivity contribution is -0.396. The van der Waals surface area contributed by atoms with Gasteiger partial charge in [0.1, 0.15) is 24.0 Å². The van der Waals surface area contributed by atoms with E-state index in [0.29, 0.717) is 18.9 Å². The number of ether oxygens (including phenoxy) is 5. The van der Waals surface area contributed by atoms with Gasteiger partial charge in [0.15, 0.2) is 17.9 Å². The van der Waals surface area contributed by atoms with Gasteiger partial charge in [-0.1, -0.05) is 25.8 Å². The molecule has 6 aliphatic rings. The number of aliphatic hydroxyl groups is 1. The predicted molar refractivity (Wildman–Crippen MR) is 128 cm³/mol. The number of rotatable bonds is 5. The Kier molecular flexibility index (Phi) is 5.01. The first-order valence-electron chi connectivity index (χ1n) is 13.4. The Morgan fingerprint density at radius 3 is 2.87 bits per heavy atom. The van der Waals surface area contributed by atoms with E-state index in [1.165, 1.54) is 29.0 Å². The van der Waals surface area contributed by atoms with E-state index in [1.54, 1.807) is 0 Å². The van der Waals surface area contributed by atoms with Gasteiger partial charge in [0.2, 0.25) is 0 Å². The molecule has 4 heterocycles. The summed E-state index contributed by atoms with van der Waals surface area (Å²) < 4.78 is 31.6. The van der Waals surface area contributed by atoms with Gasteiger partial charge >= 0.3 is 12.1 Å². The van der Waals surface area contributed by atoms with Crippen molar-refractivity contribution in [1.82, 2.24) is 9.55 Å². The highest BCUT2D eigenvalue weighted by Gasteiger charge is 2.95. The minimum Gasteiger partial charge on any atom is -0.427 e. The highest BCUT2D eigenvalue weighted by atomic mass is 16.8. The molecule has 2 saturated heterocycles. The number of aliphatic hydroxyl groups excluding tert-OH is 1. The number of nitrogens with zero attached hydrogens (tertiary/aromatic N) is 3. The second-order valence-electron chi connectivity index (χ2n) is 12.3. The van der Waals surface area contributed by atoms with Crippen LogP contribution in [-0.4, -0.2) is 74.6 Å². The summed E-state index contributed by atoms with van der Waals surface area (Å²) in [7, 11) is 1.48. The third-order valence-corrected chi connectivity index (χ3v) is 10.4. The van der Waals surface area contributed by atoms with Crippen LogP contribution in [0.25, 0.3) is 0 Å². The van der Waals surface area contributed by atoms with Crippen molar-refractivity contribution in [2.45, 2.75) is 82.3 Å². The fraction of sp³-hybridized carbons (Fsp3) is 0.769. The second kappa shape index (κ2) is 7.77. The van der Waals surface area contributed by atoms with Crippen molar-refractivity contribution in [3.63, 3.8) is 0 Å². The summed E-state index contributed by atoms with van der Waals surface area (Å²) in [4.78, 5) is 27.3. The molecule has 1 aromatic rings. The lowest BCUT2D eigenvalue weighted by Crippen LogP contribution is -2.70. The summed E-state index contributed by atoms with van der Waals surface area (Å²) in [5.74, 6) is -0.532. The van der Waals surface area contributed by atoms with E-state index in [4.69, 9.17) is 23.7 Å². The van der Waals surface area contributed by atoms with Crippen molar-refractivity contribution >= 4 is 12.1 Å². The molecular formula is C26H33N3O9. The number of nitro groups is 1. The third-order valence-electron chi connectivity index (χ3n) is 10.4. The second-order valence-corrected chi connectivity index (χ2v) is 12.3. The standard InChI is InChI=1S/C26H33N3O9/c1-12(2)18-19(30)21-26(38-21)24(3)6-5-13-9-34-11-15(13)16(24)7-17-25(26,37-17)20(18)36-23(31)35-10-14-8-27-22(28(14)4)29(32)33/h8,12,16-21,30H,5-7,9-11H2,1-4H3/t16?,17-,18?,19+,20+,21-,24-,25+,26+/m0/s1. The number of carbonyl (C=O) groups excluding carboxylic acids is 1. The highest BCUT2D eigenvalue weighted by molar-refractivity contribution is 5.61. The van der Waals surface area contributed by atoms with E-state index in [1.807, 2.05) is 13.8 Å². The molecule has 3 aliphatic carbocycles.